The van der Waals surface area contributed by atoms with E-state index in [1.54, 1.807) is 0 Å². The smallest absolute Gasteiger partial charge is 0.0647 e. The van der Waals surface area contributed by atoms with Crippen LogP contribution < -0.4 is 0 Å². The first-order chi connectivity index (χ1) is 29.7. The molecule has 6 rings (SSSR count). The molecule has 0 spiro atoms. The SMILES string of the molecule is C.C=C(C)\C=C/C=C\C(=C\C=C/c1ccccc1)C(=C)C.C=CC1(c2ccc(-c3ccccc3CC)cc2C(=C)/C=C\C)c2ccccc2-c2ccccc21.CC.CC.CCC. The zero-order valence-electron chi connectivity index (χ0n) is 39.1. The zero-order valence-corrected chi connectivity index (χ0v) is 39.1. The fourth-order valence-corrected chi connectivity index (χ4v) is 7.16. The Morgan fingerprint density at radius 1 is 0.597 bits per heavy atom. The Morgan fingerprint density at radius 2 is 1.11 bits per heavy atom. The molecule has 0 bridgehead atoms. The third-order valence-electron chi connectivity index (χ3n) is 9.79. The van der Waals surface area contributed by atoms with E-state index in [4.69, 9.17) is 0 Å². The Balaban J connectivity index is 0.000000589. The lowest BCUT2D eigenvalue weighted by atomic mass is 9.69. The van der Waals surface area contributed by atoms with Gasteiger partial charge in [-0.25, -0.2) is 0 Å². The molecular formula is C62H76. The summed E-state index contributed by atoms with van der Waals surface area (Å²) in [6.07, 6.45) is 22.8. The molecule has 5 aromatic rings. The molecule has 0 aromatic heterocycles. The maximum Gasteiger partial charge on any atom is 0.0647 e. The van der Waals surface area contributed by atoms with Gasteiger partial charge in [-0.3, -0.25) is 0 Å². The molecule has 0 nitrogen and oxygen atoms in total. The van der Waals surface area contributed by atoms with Gasteiger partial charge in [-0.05, 0) is 100 Å². The zero-order chi connectivity index (χ0) is 45.2. The van der Waals surface area contributed by atoms with Crippen molar-refractivity contribution in [3.63, 3.8) is 0 Å². The quantitative estimate of drug-likeness (QED) is 0.0869. The molecule has 0 radical (unpaired) electrons. The van der Waals surface area contributed by atoms with Crippen molar-refractivity contribution in [1.82, 2.24) is 0 Å². The fourth-order valence-electron chi connectivity index (χ4n) is 7.16. The molecule has 0 fully saturated rings. The van der Waals surface area contributed by atoms with Crippen LogP contribution >= 0.6 is 0 Å². The summed E-state index contributed by atoms with van der Waals surface area (Å²) in [5.41, 5.74) is 16.3. The Morgan fingerprint density at radius 3 is 1.63 bits per heavy atom. The van der Waals surface area contributed by atoms with Crippen molar-refractivity contribution in [2.24, 2.45) is 0 Å². The predicted octanol–water partition coefficient (Wildman–Crippen LogP) is 19.0. The van der Waals surface area contributed by atoms with Crippen LogP contribution in [0.3, 0.4) is 0 Å². The molecule has 0 heteroatoms. The van der Waals surface area contributed by atoms with Gasteiger partial charge in [0.25, 0.3) is 0 Å². The van der Waals surface area contributed by atoms with E-state index >= 15 is 0 Å². The van der Waals surface area contributed by atoms with Gasteiger partial charge in [0.2, 0.25) is 0 Å². The predicted molar refractivity (Wildman–Crippen MR) is 284 cm³/mol. The summed E-state index contributed by atoms with van der Waals surface area (Å²) in [5, 5.41) is 0. The van der Waals surface area contributed by atoms with Crippen LogP contribution in [0.5, 0.6) is 0 Å². The van der Waals surface area contributed by atoms with Crippen molar-refractivity contribution in [3.8, 4) is 22.3 Å². The van der Waals surface area contributed by atoms with E-state index in [9.17, 15) is 0 Å². The van der Waals surface area contributed by atoms with Crippen molar-refractivity contribution in [1.29, 1.82) is 0 Å². The van der Waals surface area contributed by atoms with Gasteiger partial charge in [0, 0.05) is 0 Å². The third-order valence-corrected chi connectivity index (χ3v) is 9.79. The molecule has 62 heavy (non-hydrogen) atoms. The highest BCUT2D eigenvalue weighted by Crippen LogP contribution is 2.54. The standard InChI is InChI=1S/C34H30.C20H22.C3H8.2C2H6.CH4/c1-5-14-24(4)30-23-26(27-16-9-8-15-25(27)6-2)21-22-33(30)34(7-3)31-19-12-10-17-28(31)29-18-11-13-20-32(29)34;1-17(2)11-8-9-15-20(18(3)4)16-10-14-19-12-6-5-7-13-19;1-3-2;2*1-2;/h5,7-23H,3-4,6H2,1-2H3;5-16H,1,3H2,2,4H3;3H2,1-2H3;2*1-2H3;1H4/b14-5-;11-8-,14-10-,15-9-,20-16-;;;;. The van der Waals surface area contributed by atoms with Crippen molar-refractivity contribution in [2.75, 3.05) is 0 Å². The normalized spacial score (nSPS) is 11.9. The number of allylic oxidation sites excluding steroid dienone is 13. The molecule has 0 heterocycles. The van der Waals surface area contributed by atoms with Crippen LogP contribution in [0.2, 0.25) is 0 Å². The van der Waals surface area contributed by atoms with Crippen LogP contribution in [0, 0.1) is 0 Å². The topological polar surface area (TPSA) is 0 Å². The molecule has 324 valence electrons. The lowest BCUT2D eigenvalue weighted by molar-refractivity contribution is 0.804. The second-order valence-electron chi connectivity index (χ2n) is 14.3. The lowest BCUT2D eigenvalue weighted by Crippen LogP contribution is -2.25. The largest absolute Gasteiger partial charge is 0.102 e. The summed E-state index contributed by atoms with van der Waals surface area (Å²) in [7, 11) is 0. The van der Waals surface area contributed by atoms with E-state index in [-0.39, 0.29) is 7.43 Å². The van der Waals surface area contributed by atoms with Crippen molar-refractivity contribution in [3.05, 3.63) is 252 Å². The van der Waals surface area contributed by atoms with Gasteiger partial charge in [-0.2, -0.15) is 0 Å². The molecule has 1 aliphatic rings. The van der Waals surface area contributed by atoms with Crippen LogP contribution in [-0.2, 0) is 11.8 Å². The minimum absolute atomic E-state index is 0. The molecule has 1 aliphatic carbocycles. The number of rotatable bonds is 12. The average Bonchev–Trinajstić information content (AvgIpc) is 3.59. The van der Waals surface area contributed by atoms with Crippen molar-refractivity contribution < 1.29 is 0 Å². The monoisotopic (exact) mass is 821 g/mol. The highest BCUT2D eigenvalue weighted by atomic mass is 14.4. The maximum absolute atomic E-state index is 4.48. The molecule has 0 atom stereocenters. The van der Waals surface area contributed by atoms with Gasteiger partial charge in [0.1, 0.15) is 0 Å². The Hall–Kier alpha value is -6.24. The van der Waals surface area contributed by atoms with Crippen molar-refractivity contribution >= 4 is 11.6 Å². The van der Waals surface area contributed by atoms with Gasteiger partial charge < -0.3 is 0 Å². The summed E-state index contributed by atoms with van der Waals surface area (Å²) < 4.78 is 0. The molecular weight excluding hydrogens is 745 g/mol. The molecule has 0 amide bonds. The number of benzene rings is 5. The van der Waals surface area contributed by atoms with Crippen LogP contribution in [0.25, 0.3) is 33.9 Å². The van der Waals surface area contributed by atoms with Crippen LogP contribution in [0.15, 0.2) is 219 Å². The number of hydrogen-bond acceptors (Lipinski definition) is 0. The second-order valence-corrected chi connectivity index (χ2v) is 14.3. The molecule has 0 saturated carbocycles. The van der Waals surface area contributed by atoms with Gasteiger partial charge in [-0.1, -0.05) is 269 Å². The summed E-state index contributed by atoms with van der Waals surface area (Å²) in [6, 6.07) is 43.3. The molecule has 0 aliphatic heterocycles. The Labute approximate surface area is 379 Å². The summed E-state index contributed by atoms with van der Waals surface area (Å²) in [4.78, 5) is 0. The van der Waals surface area contributed by atoms with Crippen LogP contribution in [0.1, 0.15) is 116 Å². The van der Waals surface area contributed by atoms with E-state index in [1.807, 2.05) is 91.0 Å². The number of hydrogen-bond donors (Lipinski definition) is 0. The second kappa shape index (κ2) is 29.1. The maximum atomic E-state index is 4.48. The minimum Gasteiger partial charge on any atom is -0.102 e. The van der Waals surface area contributed by atoms with Gasteiger partial charge in [-0.15, -0.1) is 6.58 Å². The summed E-state index contributed by atoms with van der Waals surface area (Å²) in [5.74, 6) is 0. The van der Waals surface area contributed by atoms with Gasteiger partial charge >= 0.3 is 0 Å². The van der Waals surface area contributed by atoms with E-state index in [0.29, 0.717) is 0 Å². The highest BCUT2D eigenvalue weighted by molar-refractivity contribution is 5.89. The van der Waals surface area contributed by atoms with Gasteiger partial charge in [0.05, 0.1) is 5.41 Å². The fraction of sp³-hybridized carbons (Fsp3) is 0.226. The van der Waals surface area contributed by atoms with Crippen molar-refractivity contribution in [2.45, 2.75) is 94.9 Å². The first-order valence-electron chi connectivity index (χ1n) is 22.1. The molecule has 0 N–H and O–H groups in total. The summed E-state index contributed by atoms with van der Waals surface area (Å²) >= 11 is 0. The first kappa shape index (κ1) is 53.8. The molecule has 0 unspecified atom stereocenters. The van der Waals surface area contributed by atoms with Crippen LogP contribution in [0.4, 0.5) is 0 Å². The van der Waals surface area contributed by atoms with Crippen LogP contribution in [-0.4, -0.2) is 0 Å². The minimum atomic E-state index is -0.435. The highest BCUT2D eigenvalue weighted by Gasteiger charge is 2.43. The van der Waals surface area contributed by atoms with E-state index in [1.165, 1.54) is 56.5 Å². The van der Waals surface area contributed by atoms with E-state index in [0.717, 1.165) is 34.3 Å². The third kappa shape index (κ3) is 14.2. The Bertz CT molecular complexity index is 2270. The molecule has 5 aromatic carbocycles. The number of aryl methyl sites for hydroxylation is 1. The van der Waals surface area contributed by atoms with E-state index < -0.39 is 5.41 Å². The summed E-state index contributed by atoms with van der Waals surface area (Å²) in [6.45, 7) is 37.2. The lowest BCUT2D eigenvalue weighted by Gasteiger charge is -2.32. The first-order valence-corrected chi connectivity index (χ1v) is 22.1. The number of fused-ring (bicyclic) bond motifs is 3. The Kier molecular flexibility index (Phi) is 25.2. The molecule has 0 saturated heterocycles. The van der Waals surface area contributed by atoms with Gasteiger partial charge in [0.15, 0.2) is 0 Å². The average molecular weight is 821 g/mol. The van der Waals surface area contributed by atoms with E-state index in [2.05, 4.69) is 187 Å².